The number of ether oxygens (including phenoxy) is 1. The first-order valence-electron chi connectivity index (χ1n) is 11.8. The van der Waals surface area contributed by atoms with Gasteiger partial charge < -0.3 is 25.3 Å². The minimum absolute atomic E-state index is 0.0371. The van der Waals surface area contributed by atoms with Crippen LogP contribution >= 0.6 is 0 Å². The molecule has 2 aromatic rings. The molecule has 0 radical (unpaired) electrons. The van der Waals surface area contributed by atoms with E-state index in [0.29, 0.717) is 12.3 Å². The number of methoxy groups -OCH3 is 1. The van der Waals surface area contributed by atoms with Crippen LogP contribution in [-0.4, -0.2) is 52.8 Å². The molecule has 8 heteroatoms. The van der Waals surface area contributed by atoms with E-state index >= 15 is 0 Å². The minimum atomic E-state index is -0.688. The van der Waals surface area contributed by atoms with Gasteiger partial charge in [0.2, 0.25) is 17.7 Å². The van der Waals surface area contributed by atoms with Gasteiger partial charge >= 0.3 is 0 Å². The number of H-pyrrole nitrogens is 1. The van der Waals surface area contributed by atoms with Gasteiger partial charge in [0.15, 0.2) is 0 Å². The molecule has 3 atom stereocenters. The number of hydrogen-bond acceptors (Lipinski definition) is 4. The van der Waals surface area contributed by atoms with E-state index in [2.05, 4.69) is 29.5 Å². The number of fused-ring (bicyclic) bond motifs is 4. The Kier molecular flexibility index (Phi) is 6.36. The number of rotatable bonds is 7. The zero-order valence-corrected chi connectivity index (χ0v) is 20.0. The standard InChI is InChI=1S/C25H34N4O4/c1-13(2)10-20-23-17(16-7-6-15(33-5)11-19(16)27-23)12-21-24(31)28-18(25(32)29(20)21)8-9-22(30)26-14(3)4/h6-7,11,13-14,18,20-21,27H,8-10,12H2,1-5H3,(H,26,30)(H,28,31). The third-order valence-corrected chi connectivity index (χ3v) is 6.52. The quantitative estimate of drug-likeness (QED) is 0.598. The van der Waals surface area contributed by atoms with Crippen molar-refractivity contribution in [3.8, 4) is 5.75 Å². The van der Waals surface area contributed by atoms with Crippen molar-refractivity contribution in [2.24, 2.45) is 5.92 Å². The van der Waals surface area contributed by atoms with Crippen LogP contribution in [0.25, 0.3) is 10.9 Å². The van der Waals surface area contributed by atoms with E-state index in [1.807, 2.05) is 32.0 Å². The predicted octanol–water partition coefficient (Wildman–Crippen LogP) is 2.82. The lowest BCUT2D eigenvalue weighted by Crippen LogP contribution is -2.66. The average Bonchev–Trinajstić information content (AvgIpc) is 3.12. The van der Waals surface area contributed by atoms with Crippen LogP contribution in [0.2, 0.25) is 0 Å². The van der Waals surface area contributed by atoms with Gasteiger partial charge in [-0.25, -0.2) is 0 Å². The first-order valence-corrected chi connectivity index (χ1v) is 11.8. The smallest absolute Gasteiger partial charge is 0.246 e. The average molecular weight is 455 g/mol. The maximum Gasteiger partial charge on any atom is 0.246 e. The molecule has 0 aliphatic carbocycles. The maximum atomic E-state index is 13.6. The highest BCUT2D eigenvalue weighted by molar-refractivity contribution is 5.99. The van der Waals surface area contributed by atoms with Crippen LogP contribution in [0.4, 0.5) is 0 Å². The van der Waals surface area contributed by atoms with Crippen molar-refractivity contribution in [3.05, 3.63) is 29.5 Å². The number of carbonyl (C=O) groups excluding carboxylic acids is 3. The van der Waals surface area contributed by atoms with Gasteiger partial charge in [-0.3, -0.25) is 14.4 Å². The molecule has 1 saturated heterocycles. The number of hydrogen-bond donors (Lipinski definition) is 3. The molecule has 2 aliphatic heterocycles. The summed E-state index contributed by atoms with van der Waals surface area (Å²) in [6.45, 7) is 8.04. The molecule has 2 aliphatic rings. The van der Waals surface area contributed by atoms with Crippen LogP contribution in [0.3, 0.4) is 0 Å². The third kappa shape index (κ3) is 4.43. The summed E-state index contributed by atoms with van der Waals surface area (Å²) in [5.41, 5.74) is 3.04. The fourth-order valence-electron chi connectivity index (χ4n) is 5.11. The van der Waals surface area contributed by atoms with Crippen molar-refractivity contribution < 1.29 is 19.1 Å². The van der Waals surface area contributed by atoms with E-state index < -0.39 is 12.1 Å². The van der Waals surface area contributed by atoms with Gasteiger partial charge in [-0.2, -0.15) is 0 Å². The monoisotopic (exact) mass is 454 g/mol. The van der Waals surface area contributed by atoms with E-state index in [9.17, 15) is 14.4 Å². The van der Waals surface area contributed by atoms with Crippen molar-refractivity contribution >= 4 is 28.6 Å². The molecule has 0 spiro atoms. The SMILES string of the molecule is COc1ccc2c3c([nH]c2c1)C(CC(C)C)N1C(=O)C(CCC(=O)NC(C)C)NC(=O)C1C3. The predicted molar refractivity (Wildman–Crippen MR) is 126 cm³/mol. The lowest BCUT2D eigenvalue weighted by molar-refractivity contribution is -0.154. The molecule has 33 heavy (non-hydrogen) atoms. The molecule has 3 amide bonds. The Morgan fingerprint density at radius 3 is 2.67 bits per heavy atom. The zero-order valence-electron chi connectivity index (χ0n) is 20.0. The Morgan fingerprint density at radius 2 is 2.00 bits per heavy atom. The van der Waals surface area contributed by atoms with Gasteiger partial charge in [0.1, 0.15) is 17.8 Å². The Labute approximate surface area is 194 Å². The van der Waals surface area contributed by atoms with Crippen molar-refractivity contribution in [2.75, 3.05) is 7.11 Å². The van der Waals surface area contributed by atoms with E-state index in [-0.39, 0.29) is 42.6 Å². The van der Waals surface area contributed by atoms with Crippen molar-refractivity contribution in [1.82, 2.24) is 20.5 Å². The second-order valence-corrected chi connectivity index (χ2v) is 9.86. The maximum absolute atomic E-state index is 13.6. The summed E-state index contributed by atoms with van der Waals surface area (Å²) in [5, 5.41) is 6.80. The number of aromatic nitrogens is 1. The summed E-state index contributed by atoms with van der Waals surface area (Å²) in [5.74, 6) is 0.720. The van der Waals surface area contributed by atoms with Crippen molar-refractivity contribution in [3.63, 3.8) is 0 Å². The van der Waals surface area contributed by atoms with E-state index in [1.165, 1.54) is 0 Å². The summed E-state index contributed by atoms with van der Waals surface area (Å²) in [4.78, 5) is 44.2. The Morgan fingerprint density at radius 1 is 1.24 bits per heavy atom. The molecule has 1 aromatic heterocycles. The Balaban J connectivity index is 1.67. The van der Waals surface area contributed by atoms with Crippen molar-refractivity contribution in [2.45, 2.75) is 77.5 Å². The van der Waals surface area contributed by atoms with Gasteiger partial charge in [0.05, 0.1) is 13.2 Å². The number of aromatic amines is 1. The molecule has 4 rings (SSSR count). The van der Waals surface area contributed by atoms with Crippen LogP contribution in [0.5, 0.6) is 5.75 Å². The first kappa shape index (κ1) is 23.1. The minimum Gasteiger partial charge on any atom is -0.497 e. The van der Waals surface area contributed by atoms with Crippen LogP contribution in [-0.2, 0) is 20.8 Å². The molecule has 8 nitrogen and oxygen atoms in total. The van der Waals surface area contributed by atoms with Crippen LogP contribution < -0.4 is 15.4 Å². The lowest BCUT2D eigenvalue weighted by Gasteiger charge is -2.46. The number of benzene rings is 1. The van der Waals surface area contributed by atoms with E-state index in [1.54, 1.807) is 12.0 Å². The Hall–Kier alpha value is -3.03. The lowest BCUT2D eigenvalue weighted by atomic mass is 9.85. The summed E-state index contributed by atoms with van der Waals surface area (Å²) >= 11 is 0. The normalized spacial score (nSPS) is 22.4. The van der Waals surface area contributed by atoms with Gasteiger partial charge in [0, 0.05) is 41.5 Å². The molecule has 0 saturated carbocycles. The van der Waals surface area contributed by atoms with E-state index in [0.717, 1.165) is 34.3 Å². The summed E-state index contributed by atoms with van der Waals surface area (Å²) < 4.78 is 5.38. The molecule has 3 N–H and O–H groups in total. The second kappa shape index (κ2) is 9.08. The second-order valence-electron chi connectivity index (χ2n) is 9.86. The fourth-order valence-corrected chi connectivity index (χ4v) is 5.11. The fraction of sp³-hybridized carbons (Fsp3) is 0.560. The van der Waals surface area contributed by atoms with E-state index in [4.69, 9.17) is 4.74 Å². The molecule has 3 heterocycles. The summed E-state index contributed by atoms with van der Waals surface area (Å²) in [6.07, 6.45) is 1.69. The molecule has 178 valence electrons. The third-order valence-electron chi connectivity index (χ3n) is 6.52. The van der Waals surface area contributed by atoms with Gasteiger partial charge in [-0.05, 0) is 50.3 Å². The highest BCUT2D eigenvalue weighted by Crippen LogP contribution is 2.42. The number of carbonyl (C=O) groups is 3. The van der Waals surface area contributed by atoms with Gasteiger partial charge in [-0.15, -0.1) is 0 Å². The summed E-state index contributed by atoms with van der Waals surface area (Å²) in [6, 6.07) is 4.48. The van der Waals surface area contributed by atoms with Gasteiger partial charge in [-0.1, -0.05) is 13.8 Å². The molecule has 0 bridgehead atoms. The number of amides is 3. The molecule has 3 unspecified atom stereocenters. The molecule has 1 fully saturated rings. The largest absolute Gasteiger partial charge is 0.497 e. The highest BCUT2D eigenvalue weighted by Gasteiger charge is 2.48. The Bertz CT molecular complexity index is 1070. The number of nitrogens with zero attached hydrogens (tertiary/aromatic N) is 1. The van der Waals surface area contributed by atoms with Gasteiger partial charge in [0.25, 0.3) is 0 Å². The summed E-state index contributed by atoms with van der Waals surface area (Å²) in [7, 11) is 1.64. The van der Waals surface area contributed by atoms with Crippen LogP contribution in [0, 0.1) is 5.92 Å². The first-order chi connectivity index (χ1) is 15.7. The van der Waals surface area contributed by atoms with Crippen molar-refractivity contribution in [1.29, 1.82) is 0 Å². The highest BCUT2D eigenvalue weighted by atomic mass is 16.5. The molecular formula is C25H34N4O4. The number of nitrogens with one attached hydrogen (secondary N) is 3. The van der Waals surface area contributed by atoms with Crippen LogP contribution in [0.15, 0.2) is 18.2 Å². The number of piperazine rings is 1. The topological polar surface area (TPSA) is 104 Å². The molecular weight excluding hydrogens is 420 g/mol. The van der Waals surface area contributed by atoms with Crippen LogP contribution in [0.1, 0.15) is 64.3 Å². The molecule has 1 aromatic carbocycles. The zero-order chi connectivity index (χ0) is 23.9.